The number of rotatable bonds is 7. The second kappa shape index (κ2) is 8.81. The highest BCUT2D eigenvalue weighted by atomic mass is 16.5. The number of nitrogens with one attached hydrogen (secondary N) is 2. The van der Waals surface area contributed by atoms with Crippen LogP contribution < -0.4 is 10.6 Å². The van der Waals surface area contributed by atoms with Crippen LogP contribution in [0.4, 0.5) is 4.79 Å². The molecule has 0 heterocycles. The van der Waals surface area contributed by atoms with E-state index in [2.05, 4.69) is 15.4 Å². The minimum absolute atomic E-state index is 0.0237. The molecule has 2 unspecified atom stereocenters. The van der Waals surface area contributed by atoms with Crippen LogP contribution in [-0.2, 0) is 14.3 Å². The maximum absolute atomic E-state index is 11.5. The first-order valence-corrected chi connectivity index (χ1v) is 5.67. The van der Waals surface area contributed by atoms with Gasteiger partial charge in [-0.15, -0.1) is 0 Å². The number of urea groups is 1. The van der Waals surface area contributed by atoms with Crippen molar-refractivity contribution in [1.29, 1.82) is 0 Å². The molecule has 0 bridgehead atoms. The molecule has 0 aliphatic heterocycles. The molecule has 0 spiro atoms. The van der Waals surface area contributed by atoms with Gasteiger partial charge in [0.2, 0.25) is 0 Å². The predicted molar refractivity (Wildman–Crippen MR) is 63.7 cm³/mol. The number of methoxy groups -OCH3 is 2. The number of esters is 1. The van der Waals surface area contributed by atoms with Gasteiger partial charge >= 0.3 is 12.0 Å². The van der Waals surface area contributed by atoms with Crippen LogP contribution >= 0.6 is 0 Å². The van der Waals surface area contributed by atoms with Crippen molar-refractivity contribution in [3.8, 4) is 0 Å². The Morgan fingerprint density at radius 2 is 1.94 bits per heavy atom. The summed E-state index contributed by atoms with van der Waals surface area (Å²) in [5.41, 5.74) is 0. The summed E-state index contributed by atoms with van der Waals surface area (Å²) in [5.74, 6) is -0.406. The summed E-state index contributed by atoms with van der Waals surface area (Å²) < 4.78 is 9.46. The minimum Gasteiger partial charge on any atom is -0.467 e. The predicted octanol–water partition coefficient (Wildman–Crippen LogP) is 0.520. The molecule has 2 amide bonds. The molecule has 0 saturated carbocycles. The smallest absolute Gasteiger partial charge is 0.328 e. The lowest BCUT2D eigenvalue weighted by Crippen LogP contribution is -2.50. The molecule has 0 fully saturated rings. The van der Waals surface area contributed by atoms with Crippen LogP contribution in [0.2, 0.25) is 0 Å². The number of hydrogen-bond donors (Lipinski definition) is 2. The van der Waals surface area contributed by atoms with Crippen LogP contribution in [0.25, 0.3) is 0 Å². The first kappa shape index (κ1) is 15.7. The van der Waals surface area contributed by atoms with Crippen LogP contribution in [0.5, 0.6) is 0 Å². The van der Waals surface area contributed by atoms with Gasteiger partial charge in [-0.05, 0) is 5.92 Å². The molecule has 0 aliphatic carbocycles. The van der Waals surface area contributed by atoms with Crippen molar-refractivity contribution < 1.29 is 19.1 Å². The summed E-state index contributed by atoms with van der Waals surface area (Å²) in [5, 5.41) is 5.19. The topological polar surface area (TPSA) is 76.7 Å². The molecule has 0 aromatic rings. The second-order valence-electron chi connectivity index (χ2n) is 3.78. The van der Waals surface area contributed by atoms with Gasteiger partial charge in [-0.25, -0.2) is 9.59 Å². The largest absolute Gasteiger partial charge is 0.467 e. The zero-order chi connectivity index (χ0) is 13.3. The van der Waals surface area contributed by atoms with Crippen molar-refractivity contribution in [1.82, 2.24) is 10.6 Å². The quantitative estimate of drug-likeness (QED) is 0.507. The summed E-state index contributed by atoms with van der Waals surface area (Å²) in [6.45, 7) is 4.67. The van der Waals surface area contributed by atoms with E-state index in [1.165, 1.54) is 7.11 Å². The summed E-state index contributed by atoms with van der Waals surface area (Å²) in [7, 11) is 2.86. The molecule has 0 saturated heterocycles. The van der Waals surface area contributed by atoms with Gasteiger partial charge in [0.05, 0.1) is 13.7 Å². The Morgan fingerprint density at radius 3 is 2.41 bits per heavy atom. The molecular weight excluding hydrogens is 224 g/mol. The Kier molecular flexibility index (Phi) is 8.13. The normalized spacial score (nSPS) is 13.6. The van der Waals surface area contributed by atoms with Gasteiger partial charge in [0.25, 0.3) is 0 Å². The van der Waals surface area contributed by atoms with Crippen molar-refractivity contribution in [2.45, 2.75) is 26.3 Å². The van der Waals surface area contributed by atoms with Crippen molar-refractivity contribution in [3.05, 3.63) is 0 Å². The van der Waals surface area contributed by atoms with Crippen molar-refractivity contribution >= 4 is 12.0 Å². The standard InChI is InChI=1S/C11H22N2O4/c1-5-8(2)9(10(14)17-4)13-11(15)12-6-7-16-3/h8-9H,5-7H2,1-4H3,(H2,12,13,15). The van der Waals surface area contributed by atoms with Crippen LogP contribution in [0.3, 0.4) is 0 Å². The highest BCUT2D eigenvalue weighted by Crippen LogP contribution is 2.08. The van der Waals surface area contributed by atoms with E-state index >= 15 is 0 Å². The van der Waals surface area contributed by atoms with Crippen molar-refractivity contribution in [3.63, 3.8) is 0 Å². The third kappa shape index (κ3) is 6.11. The lowest BCUT2D eigenvalue weighted by molar-refractivity contribution is -0.144. The molecule has 0 aromatic carbocycles. The van der Waals surface area contributed by atoms with Gasteiger partial charge in [0.15, 0.2) is 0 Å². The minimum atomic E-state index is -0.618. The Hall–Kier alpha value is -1.30. The number of amides is 2. The maximum Gasteiger partial charge on any atom is 0.328 e. The molecule has 0 aliphatic rings. The SMILES string of the molecule is CCC(C)C(NC(=O)NCCOC)C(=O)OC. The molecule has 6 nitrogen and oxygen atoms in total. The monoisotopic (exact) mass is 246 g/mol. The summed E-state index contributed by atoms with van der Waals surface area (Å²) in [6.07, 6.45) is 0.776. The fourth-order valence-corrected chi connectivity index (χ4v) is 1.26. The summed E-state index contributed by atoms with van der Waals surface area (Å²) in [4.78, 5) is 23.0. The Bertz CT molecular complexity index is 246. The summed E-state index contributed by atoms with van der Waals surface area (Å²) >= 11 is 0. The number of hydrogen-bond acceptors (Lipinski definition) is 4. The van der Waals surface area contributed by atoms with E-state index in [4.69, 9.17) is 4.74 Å². The van der Waals surface area contributed by atoms with Crippen LogP contribution in [0.1, 0.15) is 20.3 Å². The van der Waals surface area contributed by atoms with Crippen molar-refractivity contribution in [2.24, 2.45) is 5.92 Å². The van der Waals surface area contributed by atoms with Gasteiger partial charge in [0.1, 0.15) is 6.04 Å². The van der Waals surface area contributed by atoms with E-state index in [1.807, 2.05) is 13.8 Å². The molecule has 0 aromatic heterocycles. The molecule has 2 atom stereocenters. The average molecular weight is 246 g/mol. The first-order valence-electron chi connectivity index (χ1n) is 5.67. The van der Waals surface area contributed by atoms with E-state index < -0.39 is 18.0 Å². The molecule has 6 heteroatoms. The molecule has 0 radical (unpaired) electrons. The molecule has 17 heavy (non-hydrogen) atoms. The second-order valence-corrected chi connectivity index (χ2v) is 3.78. The van der Waals surface area contributed by atoms with E-state index in [-0.39, 0.29) is 5.92 Å². The number of carbonyl (C=O) groups excluding carboxylic acids is 2. The Morgan fingerprint density at radius 1 is 1.29 bits per heavy atom. The molecule has 2 N–H and O–H groups in total. The fourth-order valence-electron chi connectivity index (χ4n) is 1.26. The van der Waals surface area contributed by atoms with Gasteiger partial charge in [-0.3, -0.25) is 0 Å². The van der Waals surface area contributed by atoms with Gasteiger partial charge in [-0.1, -0.05) is 20.3 Å². The van der Waals surface area contributed by atoms with E-state index in [0.29, 0.717) is 13.2 Å². The zero-order valence-corrected chi connectivity index (χ0v) is 10.9. The van der Waals surface area contributed by atoms with Gasteiger partial charge in [-0.2, -0.15) is 0 Å². The van der Waals surface area contributed by atoms with Gasteiger partial charge in [0, 0.05) is 13.7 Å². The third-order valence-electron chi connectivity index (χ3n) is 2.55. The summed E-state index contributed by atoms with van der Waals surface area (Å²) in [6, 6.07) is -1.01. The zero-order valence-electron chi connectivity index (χ0n) is 10.9. The average Bonchev–Trinajstić information content (AvgIpc) is 2.34. The van der Waals surface area contributed by atoms with Crippen LogP contribution in [-0.4, -0.2) is 45.4 Å². The Balaban J connectivity index is 4.23. The molecule has 100 valence electrons. The number of ether oxygens (including phenoxy) is 2. The highest BCUT2D eigenvalue weighted by molar-refractivity contribution is 5.83. The van der Waals surface area contributed by atoms with Gasteiger partial charge < -0.3 is 20.1 Å². The lowest BCUT2D eigenvalue weighted by atomic mass is 9.99. The lowest BCUT2D eigenvalue weighted by Gasteiger charge is -2.21. The Labute approximate surface area is 102 Å². The highest BCUT2D eigenvalue weighted by Gasteiger charge is 2.26. The first-order chi connectivity index (χ1) is 8.06. The number of carbonyl (C=O) groups is 2. The molecule has 0 rings (SSSR count). The molecular formula is C11H22N2O4. The van der Waals surface area contributed by atoms with Crippen LogP contribution in [0.15, 0.2) is 0 Å². The fraction of sp³-hybridized carbons (Fsp3) is 0.818. The van der Waals surface area contributed by atoms with Crippen molar-refractivity contribution in [2.75, 3.05) is 27.4 Å². The van der Waals surface area contributed by atoms with E-state index in [9.17, 15) is 9.59 Å². The third-order valence-corrected chi connectivity index (χ3v) is 2.55. The van der Waals surface area contributed by atoms with E-state index in [0.717, 1.165) is 6.42 Å². The maximum atomic E-state index is 11.5. The van der Waals surface area contributed by atoms with E-state index in [1.54, 1.807) is 7.11 Å². The van der Waals surface area contributed by atoms with Crippen LogP contribution in [0, 0.1) is 5.92 Å².